The molecule has 0 heterocycles. The highest BCUT2D eigenvalue weighted by molar-refractivity contribution is 7.91. The van der Waals surface area contributed by atoms with E-state index in [1.807, 2.05) is 0 Å². The quantitative estimate of drug-likeness (QED) is 0.778. The summed E-state index contributed by atoms with van der Waals surface area (Å²) in [5, 5.41) is 19.1. The van der Waals surface area contributed by atoms with Gasteiger partial charge in [-0.05, 0) is 24.3 Å². The number of rotatable bonds is 3. The molecule has 1 rings (SSSR count). The molecule has 1 aromatic rings. The summed E-state index contributed by atoms with van der Waals surface area (Å²) < 4.78 is 22.6. The van der Waals surface area contributed by atoms with Crippen LogP contribution >= 0.6 is 0 Å². The zero-order chi connectivity index (χ0) is 9.90. The summed E-state index contributed by atoms with van der Waals surface area (Å²) in [4.78, 5) is 0.0705. The molecule has 0 amide bonds. The van der Waals surface area contributed by atoms with Gasteiger partial charge in [0.25, 0.3) is 0 Å². The first-order chi connectivity index (χ1) is 6.06. The van der Waals surface area contributed by atoms with Crippen LogP contribution in [0.25, 0.3) is 0 Å². The Bertz CT molecular complexity index is 366. The first-order valence-corrected chi connectivity index (χ1v) is 5.32. The van der Waals surface area contributed by atoms with Crippen LogP contribution in [-0.2, 0) is 14.9 Å². The van der Waals surface area contributed by atoms with E-state index in [2.05, 4.69) is 0 Å². The number of benzene rings is 1. The van der Waals surface area contributed by atoms with Crippen LogP contribution in [0.3, 0.4) is 0 Å². The minimum atomic E-state index is -3.42. The molecule has 0 aliphatic heterocycles. The molecule has 0 bridgehead atoms. The highest BCUT2D eigenvalue weighted by atomic mass is 32.2. The van der Waals surface area contributed by atoms with E-state index in [9.17, 15) is 13.5 Å². The highest BCUT2D eigenvalue weighted by Crippen LogP contribution is 2.15. The lowest BCUT2D eigenvalue weighted by molar-refractivity contribution is 0.319. The second-order valence-corrected chi connectivity index (χ2v) is 4.62. The Labute approximate surface area is 76.4 Å². The van der Waals surface area contributed by atoms with Gasteiger partial charge >= 0.3 is 0 Å². The molecule has 71 valence electrons. The van der Waals surface area contributed by atoms with Crippen molar-refractivity contribution < 1.29 is 18.6 Å². The summed E-state index contributed by atoms with van der Waals surface area (Å²) in [6.07, 6.45) is 0. The van der Waals surface area contributed by atoms with Crippen LogP contribution in [0.4, 0.5) is 0 Å². The van der Waals surface area contributed by atoms with E-state index in [1.54, 1.807) is 0 Å². The number of aliphatic hydroxyl groups is 1. The third kappa shape index (κ3) is 2.43. The third-order valence-corrected chi connectivity index (χ3v) is 3.25. The predicted octanol–water partition coefficient (Wildman–Crippen LogP) is 0.596. The normalized spacial score (nSPS) is 11.5. The Kier molecular flexibility index (Phi) is 2.90. The molecule has 0 fully saturated rings. The average Bonchev–Trinajstić information content (AvgIpc) is 2.05. The minimum Gasteiger partial charge on any atom is -0.395 e. The van der Waals surface area contributed by atoms with Crippen LogP contribution in [0.2, 0.25) is 0 Å². The van der Waals surface area contributed by atoms with E-state index < -0.39 is 16.4 Å². The number of aliphatic hydroxyl groups excluding tert-OH is 1. The minimum absolute atomic E-state index is 0.0705. The van der Waals surface area contributed by atoms with Crippen molar-refractivity contribution in [2.75, 3.05) is 12.4 Å². The Morgan fingerprint density at radius 2 is 1.69 bits per heavy atom. The van der Waals surface area contributed by atoms with E-state index in [1.165, 1.54) is 24.3 Å². The monoisotopic (exact) mass is 201 g/mol. The molecule has 0 aromatic heterocycles. The second-order valence-electron chi connectivity index (χ2n) is 2.51. The van der Waals surface area contributed by atoms with Crippen LogP contribution in [0.1, 0.15) is 0 Å². The molecular formula is C8H9O4S. The van der Waals surface area contributed by atoms with E-state index in [-0.39, 0.29) is 16.4 Å². The summed E-state index contributed by atoms with van der Waals surface area (Å²) in [6.45, 7) is -0.415. The lowest BCUT2D eigenvalue weighted by Gasteiger charge is -2.00. The highest BCUT2D eigenvalue weighted by Gasteiger charge is 2.12. The van der Waals surface area contributed by atoms with Crippen molar-refractivity contribution in [3.05, 3.63) is 24.3 Å². The molecule has 0 aliphatic carbocycles. The number of hydrogen-bond donors (Lipinski definition) is 1. The smallest absolute Gasteiger partial charge is 0.180 e. The van der Waals surface area contributed by atoms with Gasteiger partial charge in [-0.3, -0.25) is 5.11 Å². The van der Waals surface area contributed by atoms with Crippen molar-refractivity contribution in [2.24, 2.45) is 0 Å². The topological polar surface area (TPSA) is 74.3 Å². The van der Waals surface area contributed by atoms with Crippen molar-refractivity contribution in [2.45, 2.75) is 4.90 Å². The van der Waals surface area contributed by atoms with Crippen molar-refractivity contribution in [3.63, 3.8) is 0 Å². The Morgan fingerprint density at radius 3 is 2.15 bits per heavy atom. The molecule has 1 N–H and O–H groups in total. The molecule has 5 heteroatoms. The zero-order valence-electron chi connectivity index (χ0n) is 6.80. The molecule has 0 spiro atoms. The SMILES string of the molecule is [O]c1ccc(S(=O)(=O)CCO)cc1. The van der Waals surface area contributed by atoms with Crippen molar-refractivity contribution >= 4 is 9.84 Å². The standard InChI is InChI=1S/C8H9O4S/c9-5-6-13(11,12)8-3-1-7(10)2-4-8/h1-4,9H,5-6H2. The molecule has 0 saturated heterocycles. The van der Waals surface area contributed by atoms with Crippen LogP contribution < -0.4 is 0 Å². The van der Waals surface area contributed by atoms with Crippen molar-refractivity contribution in [1.29, 1.82) is 0 Å². The van der Waals surface area contributed by atoms with Crippen molar-refractivity contribution in [3.8, 4) is 5.75 Å². The molecule has 0 saturated carbocycles. The summed E-state index contributed by atoms with van der Waals surface area (Å²) in [6, 6.07) is 4.86. The van der Waals surface area contributed by atoms with E-state index in [0.29, 0.717) is 0 Å². The lowest BCUT2D eigenvalue weighted by atomic mass is 10.3. The number of hydrogen-bond acceptors (Lipinski definition) is 3. The number of sulfone groups is 1. The molecule has 0 atom stereocenters. The summed E-state index contributed by atoms with van der Waals surface area (Å²) in [5.74, 6) is -0.548. The fraction of sp³-hybridized carbons (Fsp3) is 0.250. The predicted molar refractivity (Wildman–Crippen MR) is 45.7 cm³/mol. The maximum absolute atomic E-state index is 11.3. The first-order valence-electron chi connectivity index (χ1n) is 3.67. The summed E-state index contributed by atoms with van der Waals surface area (Å²) in [5.41, 5.74) is 0. The summed E-state index contributed by atoms with van der Waals surface area (Å²) in [7, 11) is -3.42. The maximum atomic E-state index is 11.3. The first kappa shape index (κ1) is 10.0. The van der Waals surface area contributed by atoms with E-state index >= 15 is 0 Å². The second kappa shape index (κ2) is 3.76. The van der Waals surface area contributed by atoms with Gasteiger partial charge in [-0.15, -0.1) is 0 Å². The van der Waals surface area contributed by atoms with Gasteiger partial charge < -0.3 is 5.11 Å². The fourth-order valence-electron chi connectivity index (χ4n) is 0.885. The van der Waals surface area contributed by atoms with Gasteiger partial charge in [0.05, 0.1) is 17.3 Å². The Morgan fingerprint density at radius 1 is 1.15 bits per heavy atom. The lowest BCUT2D eigenvalue weighted by Crippen LogP contribution is -2.09. The molecule has 1 aromatic carbocycles. The Balaban J connectivity index is 3.02. The summed E-state index contributed by atoms with van der Waals surface area (Å²) >= 11 is 0. The molecule has 4 nitrogen and oxygen atoms in total. The van der Waals surface area contributed by atoms with Gasteiger partial charge in [0, 0.05) is 0 Å². The van der Waals surface area contributed by atoms with Crippen LogP contribution in [0, 0.1) is 0 Å². The Hall–Kier alpha value is -1.07. The van der Waals surface area contributed by atoms with Crippen LogP contribution in [0.5, 0.6) is 5.75 Å². The van der Waals surface area contributed by atoms with E-state index in [4.69, 9.17) is 5.11 Å². The van der Waals surface area contributed by atoms with E-state index in [0.717, 1.165) is 0 Å². The molecule has 1 radical (unpaired) electrons. The van der Waals surface area contributed by atoms with Crippen molar-refractivity contribution in [1.82, 2.24) is 0 Å². The van der Waals surface area contributed by atoms with Gasteiger partial charge in [0.15, 0.2) is 15.6 Å². The van der Waals surface area contributed by atoms with Crippen LogP contribution in [0.15, 0.2) is 29.2 Å². The molecule has 13 heavy (non-hydrogen) atoms. The molecule has 0 unspecified atom stereocenters. The maximum Gasteiger partial charge on any atom is 0.180 e. The third-order valence-electron chi connectivity index (χ3n) is 1.54. The van der Waals surface area contributed by atoms with Gasteiger partial charge in [0.2, 0.25) is 0 Å². The average molecular weight is 201 g/mol. The molecular weight excluding hydrogens is 192 g/mol. The largest absolute Gasteiger partial charge is 0.395 e. The zero-order valence-corrected chi connectivity index (χ0v) is 7.62. The van der Waals surface area contributed by atoms with Crippen LogP contribution in [-0.4, -0.2) is 25.9 Å². The van der Waals surface area contributed by atoms with Gasteiger partial charge in [0.1, 0.15) is 0 Å². The van der Waals surface area contributed by atoms with Gasteiger partial charge in [-0.2, -0.15) is 0 Å². The van der Waals surface area contributed by atoms with Gasteiger partial charge in [-0.1, -0.05) is 0 Å². The fourth-order valence-corrected chi connectivity index (χ4v) is 1.91. The molecule has 0 aliphatic rings. The van der Waals surface area contributed by atoms with Gasteiger partial charge in [-0.25, -0.2) is 8.42 Å².